The van der Waals surface area contributed by atoms with Crippen LogP contribution in [0.3, 0.4) is 0 Å². The van der Waals surface area contributed by atoms with Crippen LogP contribution >= 0.6 is 11.8 Å². The molecule has 0 aliphatic rings. The average molecular weight is 327 g/mol. The topological polar surface area (TPSA) is 93.8 Å². The first-order valence-corrected chi connectivity index (χ1v) is 8.00. The van der Waals surface area contributed by atoms with E-state index in [2.05, 4.69) is 25.5 Å². The van der Waals surface area contributed by atoms with Gasteiger partial charge in [0.25, 0.3) is 5.89 Å². The van der Waals surface area contributed by atoms with E-state index in [0.717, 1.165) is 10.6 Å². The Kier molecular flexibility index (Phi) is 4.62. The van der Waals surface area contributed by atoms with Gasteiger partial charge in [-0.25, -0.2) is 4.98 Å². The summed E-state index contributed by atoms with van der Waals surface area (Å²) in [5.74, 6) is 0.243. The first-order valence-electron chi connectivity index (χ1n) is 6.77. The maximum absolute atomic E-state index is 12.1. The molecule has 0 atom stereocenters. The molecule has 2 heterocycles. The molecule has 3 rings (SSSR count). The van der Waals surface area contributed by atoms with E-state index < -0.39 is 0 Å². The number of carbonyl (C=O) groups is 1. The standard InChI is InChI=1S/C15H13N5O2S/c1-23-11-4-2-3-10(7-11)18-13(21)8-14-19-20-15(22-14)12-9-16-5-6-17-12/h2-7,9H,8H2,1H3,(H,18,21). The summed E-state index contributed by atoms with van der Waals surface area (Å²) in [7, 11) is 0. The summed E-state index contributed by atoms with van der Waals surface area (Å²) in [6.45, 7) is 0. The molecule has 3 aromatic rings. The third-order valence-corrected chi connectivity index (χ3v) is 3.64. The molecule has 0 saturated heterocycles. The lowest BCUT2D eigenvalue weighted by Crippen LogP contribution is -2.14. The Labute approximate surface area is 136 Å². The highest BCUT2D eigenvalue weighted by molar-refractivity contribution is 7.98. The molecule has 0 saturated carbocycles. The second kappa shape index (κ2) is 7.01. The second-order valence-electron chi connectivity index (χ2n) is 4.55. The monoisotopic (exact) mass is 327 g/mol. The average Bonchev–Trinajstić information content (AvgIpc) is 3.04. The number of aromatic nitrogens is 4. The zero-order chi connectivity index (χ0) is 16.1. The fraction of sp³-hybridized carbons (Fsp3) is 0.133. The predicted octanol–water partition coefficient (Wildman–Crippen LogP) is 2.43. The summed E-state index contributed by atoms with van der Waals surface area (Å²) in [6, 6.07) is 7.60. The SMILES string of the molecule is CSc1cccc(NC(=O)Cc2nnc(-c3cnccn3)o2)c1. The molecule has 23 heavy (non-hydrogen) atoms. The van der Waals surface area contributed by atoms with Crippen molar-refractivity contribution in [3.8, 4) is 11.6 Å². The van der Waals surface area contributed by atoms with E-state index in [4.69, 9.17) is 4.42 Å². The van der Waals surface area contributed by atoms with E-state index in [1.165, 1.54) is 12.4 Å². The molecule has 0 aliphatic heterocycles. The van der Waals surface area contributed by atoms with Gasteiger partial charge in [0.2, 0.25) is 11.8 Å². The number of thioether (sulfide) groups is 1. The fourth-order valence-electron chi connectivity index (χ4n) is 1.88. The first kappa shape index (κ1) is 15.2. The van der Waals surface area contributed by atoms with Crippen LogP contribution in [0.1, 0.15) is 5.89 Å². The fourth-order valence-corrected chi connectivity index (χ4v) is 2.34. The van der Waals surface area contributed by atoms with Gasteiger partial charge in [-0.1, -0.05) is 6.07 Å². The highest BCUT2D eigenvalue weighted by Gasteiger charge is 2.13. The van der Waals surface area contributed by atoms with Gasteiger partial charge >= 0.3 is 0 Å². The normalized spacial score (nSPS) is 10.5. The summed E-state index contributed by atoms with van der Waals surface area (Å²) in [4.78, 5) is 21.1. The zero-order valence-corrected chi connectivity index (χ0v) is 13.1. The van der Waals surface area contributed by atoms with Crippen LogP contribution < -0.4 is 5.32 Å². The highest BCUT2D eigenvalue weighted by Crippen LogP contribution is 2.19. The number of carbonyl (C=O) groups excluding carboxylic acids is 1. The number of rotatable bonds is 5. The summed E-state index contributed by atoms with van der Waals surface area (Å²) in [5.41, 5.74) is 1.20. The molecule has 1 amide bonds. The number of anilines is 1. The summed E-state index contributed by atoms with van der Waals surface area (Å²) in [5, 5.41) is 10.5. The Morgan fingerprint density at radius 1 is 1.30 bits per heavy atom. The minimum Gasteiger partial charge on any atom is -0.419 e. The summed E-state index contributed by atoms with van der Waals surface area (Å²) in [6.07, 6.45) is 6.58. The Morgan fingerprint density at radius 3 is 3.00 bits per heavy atom. The van der Waals surface area contributed by atoms with Crippen molar-refractivity contribution in [2.24, 2.45) is 0 Å². The van der Waals surface area contributed by atoms with Gasteiger partial charge in [-0.15, -0.1) is 22.0 Å². The van der Waals surface area contributed by atoms with Crippen molar-refractivity contribution in [2.45, 2.75) is 11.3 Å². The lowest BCUT2D eigenvalue weighted by Gasteiger charge is -2.04. The smallest absolute Gasteiger partial charge is 0.267 e. The Morgan fingerprint density at radius 2 is 2.22 bits per heavy atom. The Bertz CT molecular complexity index is 806. The van der Waals surface area contributed by atoms with E-state index in [0.29, 0.717) is 5.69 Å². The van der Waals surface area contributed by atoms with E-state index in [1.807, 2.05) is 30.5 Å². The maximum Gasteiger partial charge on any atom is 0.267 e. The molecule has 0 radical (unpaired) electrons. The van der Waals surface area contributed by atoms with Crippen LogP contribution in [-0.2, 0) is 11.2 Å². The van der Waals surface area contributed by atoms with Crippen LogP contribution in [0.15, 0.2) is 52.2 Å². The van der Waals surface area contributed by atoms with Gasteiger partial charge in [0.15, 0.2) is 0 Å². The predicted molar refractivity (Wildman–Crippen MR) is 85.9 cm³/mol. The molecular weight excluding hydrogens is 314 g/mol. The number of benzene rings is 1. The quantitative estimate of drug-likeness (QED) is 0.719. The molecule has 0 aliphatic carbocycles. The minimum absolute atomic E-state index is 0.00322. The van der Waals surface area contributed by atoms with Crippen LogP contribution in [0.4, 0.5) is 5.69 Å². The van der Waals surface area contributed by atoms with Gasteiger partial charge in [0, 0.05) is 23.0 Å². The zero-order valence-electron chi connectivity index (χ0n) is 12.3. The van der Waals surface area contributed by atoms with Crippen LogP contribution in [-0.4, -0.2) is 32.3 Å². The molecule has 116 valence electrons. The van der Waals surface area contributed by atoms with Crippen molar-refractivity contribution in [3.63, 3.8) is 0 Å². The van der Waals surface area contributed by atoms with Crippen molar-refractivity contribution in [1.29, 1.82) is 0 Å². The lowest BCUT2D eigenvalue weighted by molar-refractivity contribution is -0.115. The van der Waals surface area contributed by atoms with Crippen molar-refractivity contribution >= 4 is 23.4 Å². The van der Waals surface area contributed by atoms with Crippen LogP contribution in [0.5, 0.6) is 0 Å². The van der Waals surface area contributed by atoms with Crippen molar-refractivity contribution in [3.05, 3.63) is 48.7 Å². The second-order valence-corrected chi connectivity index (χ2v) is 5.43. The molecule has 7 nitrogen and oxygen atoms in total. The Hall–Kier alpha value is -2.74. The van der Waals surface area contributed by atoms with Gasteiger partial charge in [-0.05, 0) is 24.5 Å². The van der Waals surface area contributed by atoms with Crippen molar-refractivity contribution in [1.82, 2.24) is 20.2 Å². The minimum atomic E-state index is -0.224. The van der Waals surface area contributed by atoms with Gasteiger partial charge in [-0.2, -0.15) is 0 Å². The molecule has 1 aromatic carbocycles. The van der Waals surface area contributed by atoms with Gasteiger partial charge in [-0.3, -0.25) is 9.78 Å². The van der Waals surface area contributed by atoms with E-state index in [9.17, 15) is 4.79 Å². The summed E-state index contributed by atoms with van der Waals surface area (Å²) >= 11 is 1.61. The number of hydrogen-bond donors (Lipinski definition) is 1. The van der Waals surface area contributed by atoms with Crippen molar-refractivity contribution < 1.29 is 9.21 Å². The molecule has 0 bridgehead atoms. The lowest BCUT2D eigenvalue weighted by atomic mass is 10.3. The Balaban J connectivity index is 1.65. The summed E-state index contributed by atoms with van der Waals surface area (Å²) < 4.78 is 5.43. The number of nitrogens with one attached hydrogen (secondary N) is 1. The third-order valence-electron chi connectivity index (χ3n) is 2.91. The van der Waals surface area contributed by atoms with Crippen LogP contribution in [0, 0.1) is 0 Å². The van der Waals surface area contributed by atoms with Gasteiger partial charge < -0.3 is 9.73 Å². The molecule has 0 spiro atoms. The number of nitrogens with zero attached hydrogens (tertiary/aromatic N) is 4. The molecule has 1 N–H and O–H groups in total. The van der Waals surface area contributed by atoms with E-state index in [1.54, 1.807) is 18.0 Å². The van der Waals surface area contributed by atoms with Crippen LogP contribution in [0.25, 0.3) is 11.6 Å². The molecule has 0 fully saturated rings. The number of amides is 1. The molecular formula is C15H13N5O2S. The third kappa shape index (κ3) is 3.92. The first-order chi connectivity index (χ1) is 11.2. The number of hydrogen-bond acceptors (Lipinski definition) is 7. The highest BCUT2D eigenvalue weighted by atomic mass is 32.2. The van der Waals surface area contributed by atoms with Gasteiger partial charge in [0.05, 0.1) is 6.20 Å². The molecule has 8 heteroatoms. The van der Waals surface area contributed by atoms with E-state index >= 15 is 0 Å². The van der Waals surface area contributed by atoms with Gasteiger partial charge in [0.1, 0.15) is 12.1 Å². The molecule has 0 unspecified atom stereocenters. The van der Waals surface area contributed by atoms with Crippen LogP contribution in [0.2, 0.25) is 0 Å². The molecule has 2 aromatic heterocycles. The van der Waals surface area contributed by atoms with Crippen molar-refractivity contribution in [2.75, 3.05) is 11.6 Å². The largest absolute Gasteiger partial charge is 0.419 e. The van der Waals surface area contributed by atoms with E-state index in [-0.39, 0.29) is 24.1 Å². The maximum atomic E-state index is 12.1.